The number of hydrogen-bond donors (Lipinski definition) is 2. The van der Waals surface area contributed by atoms with Gasteiger partial charge < -0.3 is 14.8 Å². The van der Waals surface area contributed by atoms with Crippen molar-refractivity contribution in [1.82, 2.24) is 5.32 Å². The monoisotopic (exact) mass is 494 g/mol. The van der Waals surface area contributed by atoms with Crippen LogP contribution in [-0.4, -0.2) is 33.5 Å². The van der Waals surface area contributed by atoms with Crippen molar-refractivity contribution in [3.63, 3.8) is 0 Å². The van der Waals surface area contributed by atoms with E-state index in [-0.39, 0.29) is 4.90 Å². The largest absolute Gasteiger partial charge is 0.497 e. The van der Waals surface area contributed by atoms with Gasteiger partial charge in [-0.25, -0.2) is 13.2 Å². The number of anilines is 1. The lowest BCUT2D eigenvalue weighted by Crippen LogP contribution is -2.35. The highest BCUT2D eigenvalue weighted by molar-refractivity contribution is 7.92. The molecule has 0 fully saturated rings. The topological polar surface area (TPSA) is 111 Å². The van der Waals surface area contributed by atoms with Crippen LogP contribution in [0.15, 0.2) is 89.8 Å². The second-order valence-electron chi connectivity index (χ2n) is 7.52. The van der Waals surface area contributed by atoms with E-state index in [2.05, 4.69) is 10.0 Å². The second-order valence-corrected chi connectivity index (χ2v) is 9.20. The van der Waals surface area contributed by atoms with Gasteiger partial charge in [-0.15, -0.1) is 0 Å². The first kappa shape index (κ1) is 25.5. The summed E-state index contributed by atoms with van der Waals surface area (Å²) >= 11 is 0. The molecule has 0 spiro atoms. The fraction of sp³-hybridized carbons (Fsp3) is 0.154. The SMILES string of the molecule is COc1ccc(NS(=O)(=O)c2ccc(C=CC(=O)OC(C)C(=O)NCc3ccccc3)cc2)cc1. The summed E-state index contributed by atoms with van der Waals surface area (Å²) < 4.78 is 37.9. The lowest BCUT2D eigenvalue weighted by atomic mass is 10.2. The zero-order valence-electron chi connectivity index (χ0n) is 19.3. The number of nitrogens with one attached hydrogen (secondary N) is 2. The lowest BCUT2D eigenvalue weighted by Gasteiger charge is -2.12. The van der Waals surface area contributed by atoms with Crippen LogP contribution in [0.1, 0.15) is 18.1 Å². The Morgan fingerprint density at radius 2 is 1.60 bits per heavy atom. The molecule has 0 aliphatic carbocycles. The number of methoxy groups -OCH3 is 1. The molecule has 3 rings (SSSR count). The van der Waals surface area contributed by atoms with E-state index in [1.807, 2.05) is 30.3 Å². The van der Waals surface area contributed by atoms with Crippen LogP contribution in [0.4, 0.5) is 5.69 Å². The zero-order valence-corrected chi connectivity index (χ0v) is 20.1. The minimum absolute atomic E-state index is 0.0664. The maximum absolute atomic E-state index is 12.6. The third-order valence-electron chi connectivity index (χ3n) is 4.92. The Morgan fingerprint density at radius 1 is 0.943 bits per heavy atom. The smallest absolute Gasteiger partial charge is 0.331 e. The number of sulfonamides is 1. The fourth-order valence-electron chi connectivity index (χ4n) is 2.99. The molecule has 0 saturated carbocycles. The third-order valence-corrected chi connectivity index (χ3v) is 6.31. The van der Waals surface area contributed by atoms with Crippen LogP contribution in [0, 0.1) is 0 Å². The van der Waals surface area contributed by atoms with Gasteiger partial charge in [0.2, 0.25) is 0 Å². The minimum Gasteiger partial charge on any atom is -0.497 e. The number of amides is 1. The molecular formula is C26H26N2O6S. The predicted octanol–water partition coefficient (Wildman–Crippen LogP) is 3.76. The molecule has 1 atom stereocenters. The van der Waals surface area contributed by atoms with Crippen molar-refractivity contribution in [2.75, 3.05) is 11.8 Å². The number of rotatable bonds is 10. The summed E-state index contributed by atoms with van der Waals surface area (Å²) in [7, 11) is -2.26. The average molecular weight is 495 g/mol. The maximum atomic E-state index is 12.6. The summed E-state index contributed by atoms with van der Waals surface area (Å²) in [4.78, 5) is 24.3. The fourth-order valence-corrected chi connectivity index (χ4v) is 4.05. The molecule has 0 aromatic heterocycles. The van der Waals surface area contributed by atoms with Gasteiger partial charge in [0.05, 0.1) is 12.0 Å². The Kier molecular flexibility index (Phi) is 8.63. The van der Waals surface area contributed by atoms with Crippen molar-refractivity contribution in [1.29, 1.82) is 0 Å². The van der Waals surface area contributed by atoms with Crippen molar-refractivity contribution in [2.45, 2.75) is 24.5 Å². The molecule has 35 heavy (non-hydrogen) atoms. The van der Waals surface area contributed by atoms with Crippen molar-refractivity contribution < 1.29 is 27.5 Å². The summed E-state index contributed by atoms with van der Waals surface area (Å²) in [5, 5.41) is 2.71. The van der Waals surface area contributed by atoms with E-state index in [1.54, 1.807) is 36.4 Å². The number of carbonyl (C=O) groups excluding carboxylic acids is 2. The van der Waals surface area contributed by atoms with Gasteiger partial charge in [0.1, 0.15) is 5.75 Å². The molecule has 0 aliphatic rings. The Hall–Kier alpha value is -4.11. The Balaban J connectivity index is 1.52. The number of esters is 1. The lowest BCUT2D eigenvalue weighted by molar-refractivity contribution is -0.150. The Morgan fingerprint density at radius 3 is 2.23 bits per heavy atom. The number of ether oxygens (including phenoxy) is 2. The van der Waals surface area contributed by atoms with Gasteiger partial charge in [0.15, 0.2) is 6.10 Å². The standard InChI is InChI=1S/C26H26N2O6S/c1-19(26(30)27-18-21-6-4-3-5-7-21)34-25(29)17-10-20-8-15-24(16-9-20)35(31,32)28-22-11-13-23(33-2)14-12-22/h3-17,19,28H,18H2,1-2H3,(H,27,30). The first-order valence-corrected chi connectivity index (χ1v) is 12.2. The molecule has 182 valence electrons. The molecule has 8 nitrogen and oxygen atoms in total. The van der Waals surface area contributed by atoms with E-state index in [9.17, 15) is 18.0 Å². The maximum Gasteiger partial charge on any atom is 0.331 e. The molecule has 0 saturated heterocycles. The van der Waals surface area contributed by atoms with E-state index < -0.39 is 28.0 Å². The van der Waals surface area contributed by atoms with Crippen molar-refractivity contribution in [3.05, 3.63) is 96.1 Å². The molecule has 3 aromatic rings. The molecule has 2 N–H and O–H groups in total. The van der Waals surface area contributed by atoms with E-state index in [0.717, 1.165) is 5.56 Å². The third kappa shape index (κ3) is 7.72. The van der Waals surface area contributed by atoms with Crippen LogP contribution < -0.4 is 14.8 Å². The van der Waals surface area contributed by atoms with E-state index in [1.165, 1.54) is 38.3 Å². The van der Waals surface area contributed by atoms with Crippen LogP contribution in [0.2, 0.25) is 0 Å². The van der Waals surface area contributed by atoms with E-state index >= 15 is 0 Å². The Bertz CT molecular complexity index is 1270. The van der Waals surface area contributed by atoms with Gasteiger partial charge in [0, 0.05) is 18.3 Å². The van der Waals surface area contributed by atoms with Crippen LogP contribution >= 0.6 is 0 Å². The second kappa shape index (κ2) is 11.8. The summed E-state index contributed by atoms with van der Waals surface area (Å²) in [6, 6.07) is 21.9. The van der Waals surface area contributed by atoms with E-state index in [4.69, 9.17) is 9.47 Å². The highest BCUT2D eigenvalue weighted by Crippen LogP contribution is 2.20. The van der Waals surface area contributed by atoms with Gasteiger partial charge in [0.25, 0.3) is 15.9 Å². The molecule has 0 bridgehead atoms. The summed E-state index contributed by atoms with van der Waals surface area (Å²) in [5.74, 6) is -0.482. The van der Waals surface area contributed by atoms with Gasteiger partial charge >= 0.3 is 5.97 Å². The van der Waals surface area contributed by atoms with Crippen LogP contribution in [0.25, 0.3) is 6.08 Å². The normalized spacial score (nSPS) is 12.1. The van der Waals surface area contributed by atoms with Crippen molar-refractivity contribution in [2.24, 2.45) is 0 Å². The minimum atomic E-state index is -3.78. The van der Waals surface area contributed by atoms with Crippen molar-refractivity contribution >= 4 is 33.7 Å². The molecule has 1 amide bonds. The van der Waals surface area contributed by atoms with Gasteiger partial charge in [-0.3, -0.25) is 9.52 Å². The summed E-state index contributed by atoms with van der Waals surface area (Å²) in [6.45, 7) is 1.82. The average Bonchev–Trinajstić information content (AvgIpc) is 2.87. The number of hydrogen-bond acceptors (Lipinski definition) is 6. The number of benzene rings is 3. The molecular weight excluding hydrogens is 468 g/mol. The van der Waals surface area contributed by atoms with Crippen molar-refractivity contribution in [3.8, 4) is 5.75 Å². The zero-order chi connectivity index (χ0) is 25.3. The molecule has 3 aromatic carbocycles. The Labute approximate surface area is 204 Å². The molecule has 0 radical (unpaired) electrons. The number of carbonyl (C=O) groups is 2. The quantitative estimate of drug-likeness (QED) is 0.328. The van der Waals surface area contributed by atoms with Crippen LogP contribution in [0.5, 0.6) is 5.75 Å². The molecule has 9 heteroatoms. The molecule has 1 unspecified atom stereocenters. The van der Waals surface area contributed by atoms with E-state index in [0.29, 0.717) is 23.5 Å². The predicted molar refractivity (Wildman–Crippen MR) is 133 cm³/mol. The highest BCUT2D eigenvalue weighted by atomic mass is 32.2. The van der Waals surface area contributed by atoms with Gasteiger partial charge in [-0.1, -0.05) is 42.5 Å². The summed E-state index contributed by atoms with van der Waals surface area (Å²) in [6.07, 6.45) is 1.69. The summed E-state index contributed by atoms with van der Waals surface area (Å²) in [5.41, 5.74) is 1.93. The van der Waals surface area contributed by atoms with Gasteiger partial charge in [-0.2, -0.15) is 0 Å². The molecule has 0 heterocycles. The first-order chi connectivity index (χ1) is 16.8. The highest BCUT2D eigenvalue weighted by Gasteiger charge is 2.16. The van der Waals surface area contributed by atoms with Crippen LogP contribution in [0.3, 0.4) is 0 Å². The first-order valence-electron chi connectivity index (χ1n) is 10.7. The molecule has 0 aliphatic heterocycles. The van der Waals surface area contributed by atoms with Gasteiger partial charge in [-0.05, 0) is 60.5 Å². The van der Waals surface area contributed by atoms with Crippen LogP contribution in [-0.2, 0) is 30.9 Å².